The Labute approximate surface area is 169 Å². The van der Waals surface area contributed by atoms with Crippen molar-refractivity contribution in [3.05, 3.63) is 83.0 Å². The number of hydrogen-bond donors (Lipinski definition) is 2. The third-order valence-electron chi connectivity index (χ3n) is 5.16. The molecule has 0 aromatic heterocycles. The predicted molar refractivity (Wildman–Crippen MR) is 121 cm³/mol. The molecular weight excluding hydrogens is 344 g/mol. The maximum absolute atomic E-state index is 10.6. The van der Waals surface area contributed by atoms with Crippen LogP contribution in [0.5, 0.6) is 11.5 Å². The van der Waals surface area contributed by atoms with E-state index in [0.29, 0.717) is 11.7 Å². The molecular formula is C26H32O2. The van der Waals surface area contributed by atoms with Crippen LogP contribution in [0.3, 0.4) is 0 Å². The third kappa shape index (κ3) is 5.39. The Hall–Kier alpha value is -2.74. The van der Waals surface area contributed by atoms with Crippen molar-refractivity contribution in [2.45, 2.75) is 46.5 Å². The highest BCUT2D eigenvalue weighted by atomic mass is 16.3. The first kappa shape index (κ1) is 21.6. The molecule has 0 amide bonds. The van der Waals surface area contributed by atoms with Crippen molar-refractivity contribution >= 4 is 12.2 Å². The average Bonchev–Trinajstić information content (AvgIpc) is 2.69. The Bertz CT molecular complexity index is 857. The average molecular weight is 377 g/mol. The molecule has 0 aliphatic heterocycles. The molecule has 3 rings (SSSR count). The molecule has 0 spiro atoms. The number of aromatic hydroxyl groups is 2. The fourth-order valence-electron chi connectivity index (χ4n) is 3.65. The minimum absolute atomic E-state index is 0.191. The van der Waals surface area contributed by atoms with Gasteiger partial charge in [0.1, 0.15) is 11.5 Å². The molecule has 2 nitrogen and oxygen atoms in total. The van der Waals surface area contributed by atoms with Gasteiger partial charge in [-0.25, -0.2) is 0 Å². The molecule has 0 fully saturated rings. The molecule has 0 bridgehead atoms. The highest BCUT2D eigenvalue weighted by molar-refractivity contribution is 5.70. The van der Waals surface area contributed by atoms with Gasteiger partial charge in [0.05, 0.1) is 0 Å². The summed E-state index contributed by atoms with van der Waals surface area (Å²) in [6.45, 7) is 12.4. The normalized spacial score (nSPS) is 18.9. The van der Waals surface area contributed by atoms with Crippen LogP contribution in [-0.4, -0.2) is 10.2 Å². The number of phenolic OH excluding ortho intramolecular Hbond substituents is 2. The summed E-state index contributed by atoms with van der Waals surface area (Å²) >= 11 is 0. The second-order valence-electron chi connectivity index (χ2n) is 7.27. The smallest absolute Gasteiger partial charge is 0.119 e. The van der Waals surface area contributed by atoms with Crippen LogP contribution in [0.25, 0.3) is 12.2 Å². The zero-order valence-corrected chi connectivity index (χ0v) is 17.4. The standard InChI is InChI=1S/C24H26O2.C2H6/c1-16(2)21-12-4-17(3)14-23(21)22-13-9-19(15-24(22)26)6-5-18-7-10-20(25)11-8-18;1-2/h5-11,13-15,21,23,25-26H,1,4,12H2,2-3H3;1-2H3/b6-5+;. The monoisotopic (exact) mass is 376 g/mol. The van der Waals surface area contributed by atoms with Gasteiger partial charge in [-0.05, 0) is 61.9 Å². The van der Waals surface area contributed by atoms with Gasteiger partial charge in [-0.15, -0.1) is 0 Å². The molecule has 0 saturated heterocycles. The zero-order chi connectivity index (χ0) is 20.7. The number of rotatable bonds is 4. The summed E-state index contributed by atoms with van der Waals surface area (Å²) in [7, 11) is 0. The molecule has 0 radical (unpaired) electrons. The van der Waals surface area contributed by atoms with Crippen LogP contribution in [0, 0.1) is 5.92 Å². The number of allylic oxidation sites excluding steroid dienone is 3. The molecule has 1 aliphatic carbocycles. The predicted octanol–water partition coefficient (Wildman–Crippen LogP) is 7.31. The van der Waals surface area contributed by atoms with E-state index in [0.717, 1.165) is 29.5 Å². The highest BCUT2D eigenvalue weighted by Crippen LogP contribution is 2.42. The van der Waals surface area contributed by atoms with Crippen molar-refractivity contribution in [2.75, 3.05) is 0 Å². The summed E-state index contributed by atoms with van der Waals surface area (Å²) in [5, 5.41) is 20.0. The van der Waals surface area contributed by atoms with Gasteiger partial charge in [0.2, 0.25) is 0 Å². The van der Waals surface area contributed by atoms with Crippen LogP contribution in [0.2, 0.25) is 0 Å². The van der Waals surface area contributed by atoms with Gasteiger partial charge in [0.15, 0.2) is 0 Å². The first-order valence-electron chi connectivity index (χ1n) is 10.1. The van der Waals surface area contributed by atoms with E-state index >= 15 is 0 Å². The lowest BCUT2D eigenvalue weighted by atomic mass is 9.74. The Morgan fingerprint density at radius 1 is 1.00 bits per heavy atom. The molecule has 2 aromatic rings. The zero-order valence-electron chi connectivity index (χ0n) is 17.4. The van der Waals surface area contributed by atoms with Crippen molar-refractivity contribution in [3.8, 4) is 11.5 Å². The largest absolute Gasteiger partial charge is 0.508 e. The quantitative estimate of drug-likeness (QED) is 0.434. The van der Waals surface area contributed by atoms with Gasteiger partial charge in [0, 0.05) is 11.5 Å². The van der Waals surface area contributed by atoms with Crippen LogP contribution in [-0.2, 0) is 0 Å². The van der Waals surface area contributed by atoms with Crippen molar-refractivity contribution in [1.82, 2.24) is 0 Å². The van der Waals surface area contributed by atoms with Gasteiger partial charge in [0.25, 0.3) is 0 Å². The maximum Gasteiger partial charge on any atom is 0.119 e. The van der Waals surface area contributed by atoms with Crippen LogP contribution in [0.1, 0.15) is 63.1 Å². The van der Waals surface area contributed by atoms with E-state index in [1.54, 1.807) is 12.1 Å². The van der Waals surface area contributed by atoms with Crippen molar-refractivity contribution in [3.63, 3.8) is 0 Å². The summed E-state index contributed by atoms with van der Waals surface area (Å²) < 4.78 is 0. The summed E-state index contributed by atoms with van der Waals surface area (Å²) in [4.78, 5) is 0. The van der Waals surface area contributed by atoms with Gasteiger partial charge in [-0.3, -0.25) is 0 Å². The Kier molecular flexibility index (Phi) is 7.69. The van der Waals surface area contributed by atoms with Gasteiger partial charge >= 0.3 is 0 Å². The second-order valence-corrected chi connectivity index (χ2v) is 7.27. The molecule has 0 saturated carbocycles. The van der Waals surface area contributed by atoms with Crippen LogP contribution in [0.15, 0.2) is 66.3 Å². The van der Waals surface area contributed by atoms with E-state index in [1.165, 1.54) is 11.1 Å². The van der Waals surface area contributed by atoms with Crippen LogP contribution >= 0.6 is 0 Å². The Morgan fingerprint density at radius 2 is 1.61 bits per heavy atom. The lowest BCUT2D eigenvalue weighted by Crippen LogP contribution is -2.17. The van der Waals surface area contributed by atoms with Gasteiger partial charge < -0.3 is 10.2 Å². The minimum Gasteiger partial charge on any atom is -0.508 e. The van der Waals surface area contributed by atoms with Crippen molar-refractivity contribution in [1.29, 1.82) is 0 Å². The lowest BCUT2D eigenvalue weighted by Gasteiger charge is -2.31. The SMILES string of the molecule is C=C(C)C1CCC(C)=CC1c1ccc(/C=C/c2ccc(O)cc2)cc1O.CC. The number of benzene rings is 2. The first-order valence-corrected chi connectivity index (χ1v) is 10.1. The molecule has 1 aliphatic rings. The van der Waals surface area contributed by atoms with E-state index in [4.69, 9.17) is 0 Å². The molecule has 2 N–H and O–H groups in total. The van der Waals surface area contributed by atoms with Crippen molar-refractivity contribution < 1.29 is 10.2 Å². The van der Waals surface area contributed by atoms with Crippen LogP contribution < -0.4 is 0 Å². The van der Waals surface area contributed by atoms with Gasteiger partial charge in [-0.1, -0.05) is 74.1 Å². The van der Waals surface area contributed by atoms with E-state index < -0.39 is 0 Å². The topological polar surface area (TPSA) is 40.5 Å². The van der Waals surface area contributed by atoms with E-state index in [9.17, 15) is 10.2 Å². The third-order valence-corrected chi connectivity index (χ3v) is 5.16. The van der Waals surface area contributed by atoms with Crippen LogP contribution in [0.4, 0.5) is 0 Å². The van der Waals surface area contributed by atoms with E-state index in [-0.39, 0.29) is 11.7 Å². The second kappa shape index (κ2) is 9.98. The fraction of sp³-hybridized carbons (Fsp3) is 0.308. The molecule has 2 heteroatoms. The lowest BCUT2D eigenvalue weighted by molar-refractivity contribution is 0.436. The molecule has 2 atom stereocenters. The molecule has 0 heterocycles. The number of phenols is 2. The van der Waals surface area contributed by atoms with Gasteiger partial charge in [-0.2, -0.15) is 0 Å². The minimum atomic E-state index is 0.191. The van der Waals surface area contributed by atoms with Crippen molar-refractivity contribution in [2.24, 2.45) is 5.92 Å². The Morgan fingerprint density at radius 3 is 2.21 bits per heavy atom. The maximum atomic E-state index is 10.6. The first-order chi connectivity index (χ1) is 13.4. The fourth-order valence-corrected chi connectivity index (χ4v) is 3.65. The number of hydrogen-bond acceptors (Lipinski definition) is 2. The molecule has 2 aromatic carbocycles. The Balaban J connectivity index is 0.00000136. The molecule has 148 valence electrons. The summed E-state index contributed by atoms with van der Waals surface area (Å²) in [5.41, 5.74) is 5.47. The molecule has 28 heavy (non-hydrogen) atoms. The molecule has 2 unspecified atom stereocenters. The summed E-state index contributed by atoms with van der Waals surface area (Å²) in [6.07, 6.45) is 8.40. The van der Waals surface area contributed by atoms with E-state index in [2.05, 4.69) is 26.5 Å². The highest BCUT2D eigenvalue weighted by Gasteiger charge is 2.27. The summed E-state index contributed by atoms with van der Waals surface area (Å²) in [5.74, 6) is 1.16. The van der Waals surface area contributed by atoms with E-state index in [1.807, 2.05) is 56.3 Å². The summed E-state index contributed by atoms with van der Waals surface area (Å²) in [6, 6.07) is 12.9.